The van der Waals surface area contributed by atoms with Crippen LogP contribution in [-0.4, -0.2) is 53.0 Å². The molecule has 0 atom stereocenters. The number of nitrogens with zero attached hydrogens (tertiary/aromatic N) is 4. The van der Waals surface area contributed by atoms with Crippen LogP contribution in [0.5, 0.6) is 11.5 Å². The van der Waals surface area contributed by atoms with Crippen LogP contribution in [-0.2, 0) is 0 Å². The van der Waals surface area contributed by atoms with Gasteiger partial charge in [0, 0.05) is 32.2 Å². The minimum absolute atomic E-state index is 0.260. The Morgan fingerprint density at radius 3 is 2.39 bits per heavy atom. The molecule has 1 N–H and O–H groups in total. The molecule has 7 heteroatoms. The van der Waals surface area contributed by atoms with Crippen molar-refractivity contribution in [1.29, 1.82) is 0 Å². The first kappa shape index (κ1) is 19.5. The van der Waals surface area contributed by atoms with Crippen LogP contribution in [0.3, 0.4) is 0 Å². The summed E-state index contributed by atoms with van der Waals surface area (Å²) in [7, 11) is 0. The average molecular weight is 415 g/mol. The van der Waals surface area contributed by atoms with Crippen molar-refractivity contribution in [2.75, 3.05) is 36.4 Å². The number of aromatic nitrogens is 2. The van der Waals surface area contributed by atoms with Crippen LogP contribution < -0.4 is 15.0 Å². The number of amides is 1. The lowest BCUT2D eigenvalue weighted by Crippen LogP contribution is -2.38. The average Bonchev–Trinajstić information content (AvgIpc) is 3.15. The molecule has 0 unspecified atom stereocenters. The molecule has 0 radical (unpaired) electrons. The van der Waals surface area contributed by atoms with Gasteiger partial charge in [-0.15, -0.1) is 0 Å². The number of anilines is 2. The van der Waals surface area contributed by atoms with Crippen molar-refractivity contribution in [2.45, 2.75) is 18.9 Å². The summed E-state index contributed by atoms with van der Waals surface area (Å²) in [5.41, 5.74) is 1.01. The molecule has 2 aromatic carbocycles. The van der Waals surface area contributed by atoms with E-state index >= 15 is 0 Å². The van der Waals surface area contributed by atoms with Crippen molar-refractivity contribution < 1.29 is 9.53 Å². The van der Waals surface area contributed by atoms with Crippen LogP contribution in [0.15, 0.2) is 67.0 Å². The third-order valence-corrected chi connectivity index (χ3v) is 5.91. The molecule has 3 aromatic rings. The maximum absolute atomic E-state index is 12.9. The number of carbonyl (C=O) groups excluding carboxylic acids is 1. The third kappa shape index (κ3) is 4.36. The zero-order valence-electron chi connectivity index (χ0n) is 17.3. The molecule has 2 bridgehead atoms. The predicted octanol–water partition coefficient (Wildman–Crippen LogP) is 3.81. The molecule has 31 heavy (non-hydrogen) atoms. The molecule has 0 spiro atoms. The van der Waals surface area contributed by atoms with Crippen molar-refractivity contribution in [3.05, 3.63) is 72.6 Å². The second-order valence-corrected chi connectivity index (χ2v) is 7.90. The van der Waals surface area contributed by atoms with E-state index in [1.165, 1.54) is 0 Å². The Balaban J connectivity index is 1.29. The largest absolute Gasteiger partial charge is 0.457 e. The van der Waals surface area contributed by atoms with E-state index in [0.29, 0.717) is 28.8 Å². The molecule has 3 saturated heterocycles. The van der Waals surface area contributed by atoms with Crippen molar-refractivity contribution >= 4 is 17.5 Å². The number of nitrogens with one attached hydrogen (secondary N) is 1. The fourth-order valence-electron chi connectivity index (χ4n) is 4.24. The Morgan fingerprint density at radius 1 is 0.903 bits per heavy atom. The summed E-state index contributed by atoms with van der Waals surface area (Å²) < 4.78 is 5.90. The van der Waals surface area contributed by atoms with Crippen LogP contribution in [0.1, 0.15) is 23.2 Å². The van der Waals surface area contributed by atoms with Gasteiger partial charge in [0.25, 0.3) is 5.91 Å². The highest BCUT2D eigenvalue weighted by molar-refractivity contribution is 6.06. The monoisotopic (exact) mass is 415 g/mol. The van der Waals surface area contributed by atoms with Crippen LogP contribution in [0.25, 0.3) is 0 Å². The van der Waals surface area contributed by atoms with E-state index in [1.54, 1.807) is 24.5 Å². The van der Waals surface area contributed by atoms with Gasteiger partial charge in [-0.25, -0.2) is 9.97 Å². The zero-order chi connectivity index (χ0) is 21.0. The molecule has 3 aliphatic heterocycles. The lowest BCUT2D eigenvalue weighted by atomic mass is 10.1. The van der Waals surface area contributed by atoms with Gasteiger partial charge in [-0.1, -0.05) is 30.3 Å². The molecule has 158 valence electrons. The fourth-order valence-corrected chi connectivity index (χ4v) is 4.24. The lowest BCUT2D eigenvalue weighted by Gasteiger charge is -2.31. The maximum Gasteiger partial charge on any atom is 0.259 e. The van der Waals surface area contributed by atoms with E-state index in [-0.39, 0.29) is 5.91 Å². The van der Waals surface area contributed by atoms with Gasteiger partial charge >= 0.3 is 0 Å². The van der Waals surface area contributed by atoms with E-state index in [9.17, 15) is 4.79 Å². The second kappa shape index (κ2) is 8.73. The van der Waals surface area contributed by atoms with Crippen molar-refractivity contribution in [1.82, 2.24) is 14.9 Å². The smallest absolute Gasteiger partial charge is 0.259 e. The van der Waals surface area contributed by atoms with E-state index in [0.717, 1.165) is 45.0 Å². The van der Waals surface area contributed by atoms with Gasteiger partial charge < -0.3 is 19.9 Å². The Kier molecular flexibility index (Phi) is 5.50. The highest BCUT2D eigenvalue weighted by Crippen LogP contribution is 2.27. The summed E-state index contributed by atoms with van der Waals surface area (Å²) >= 11 is 0. The van der Waals surface area contributed by atoms with Crippen molar-refractivity contribution in [3.63, 3.8) is 0 Å². The van der Waals surface area contributed by atoms with E-state index in [2.05, 4.69) is 25.1 Å². The van der Waals surface area contributed by atoms with Gasteiger partial charge in [0.15, 0.2) is 0 Å². The van der Waals surface area contributed by atoms with Gasteiger partial charge in [-0.2, -0.15) is 0 Å². The van der Waals surface area contributed by atoms with Gasteiger partial charge in [0.2, 0.25) is 5.95 Å². The standard InChI is InChI=1S/C24H25N5O2/c30-23(21-8-4-5-9-22(21)31-20-6-2-1-3-7-20)27-18-16-25-24(26-17-18)29-15-14-28-12-10-19(29)11-13-28/h1-9,16-17,19H,10-15H2,(H,27,30). The van der Waals surface area contributed by atoms with Gasteiger partial charge in [0.1, 0.15) is 11.5 Å². The Morgan fingerprint density at radius 2 is 1.61 bits per heavy atom. The SMILES string of the molecule is O=C(Nc1cnc(N2CCN3CCC2CC3)nc1)c1ccccc1Oc1ccccc1. The Hall–Kier alpha value is -3.45. The first-order valence-corrected chi connectivity index (χ1v) is 10.7. The molecule has 1 amide bonds. The number of piperidine rings is 1. The highest BCUT2D eigenvalue weighted by Gasteiger charge is 2.30. The molecule has 0 aliphatic carbocycles. The minimum atomic E-state index is -0.260. The minimum Gasteiger partial charge on any atom is -0.457 e. The van der Waals surface area contributed by atoms with E-state index in [4.69, 9.17) is 4.74 Å². The fraction of sp³-hybridized carbons (Fsp3) is 0.292. The lowest BCUT2D eigenvalue weighted by molar-refractivity contribution is 0.102. The van der Waals surface area contributed by atoms with E-state index < -0.39 is 0 Å². The Labute approximate surface area is 181 Å². The van der Waals surface area contributed by atoms with Crippen molar-refractivity contribution in [2.24, 2.45) is 0 Å². The highest BCUT2D eigenvalue weighted by atomic mass is 16.5. The summed E-state index contributed by atoms with van der Waals surface area (Å²) in [5.74, 6) is 1.65. The van der Waals surface area contributed by atoms with Crippen LogP contribution in [0.2, 0.25) is 0 Å². The summed E-state index contributed by atoms with van der Waals surface area (Å²) in [6, 6.07) is 17.1. The number of hydrogen-bond acceptors (Lipinski definition) is 6. The summed E-state index contributed by atoms with van der Waals surface area (Å²) in [6.45, 7) is 4.30. The second-order valence-electron chi connectivity index (χ2n) is 7.90. The molecule has 3 aliphatic rings. The normalized spacial score (nSPS) is 20.2. The number of carbonyl (C=O) groups is 1. The number of benzene rings is 2. The van der Waals surface area contributed by atoms with Gasteiger partial charge in [0.05, 0.1) is 23.6 Å². The molecule has 4 heterocycles. The molecule has 3 fully saturated rings. The van der Waals surface area contributed by atoms with Crippen LogP contribution in [0.4, 0.5) is 11.6 Å². The molecule has 1 aromatic heterocycles. The predicted molar refractivity (Wildman–Crippen MR) is 120 cm³/mol. The summed E-state index contributed by atoms with van der Waals surface area (Å²) in [6.07, 6.45) is 5.66. The third-order valence-electron chi connectivity index (χ3n) is 5.91. The zero-order valence-corrected chi connectivity index (χ0v) is 17.3. The number of rotatable bonds is 5. The molecular formula is C24H25N5O2. The maximum atomic E-state index is 12.9. The summed E-state index contributed by atoms with van der Waals surface area (Å²) in [5, 5.41) is 2.89. The van der Waals surface area contributed by atoms with Gasteiger partial charge in [-0.3, -0.25) is 4.79 Å². The molecular weight excluding hydrogens is 390 g/mol. The Bertz CT molecular complexity index is 1030. The number of fused-ring (bicyclic) bond motifs is 4. The van der Waals surface area contributed by atoms with Gasteiger partial charge in [-0.05, 0) is 37.1 Å². The number of ether oxygens (including phenoxy) is 1. The molecule has 7 nitrogen and oxygen atoms in total. The first-order valence-electron chi connectivity index (χ1n) is 10.7. The first-order chi connectivity index (χ1) is 15.3. The van der Waals surface area contributed by atoms with E-state index in [1.807, 2.05) is 42.5 Å². The molecule has 6 rings (SSSR count). The molecule has 0 saturated carbocycles. The quantitative estimate of drug-likeness (QED) is 0.683. The van der Waals surface area contributed by atoms with Crippen molar-refractivity contribution in [3.8, 4) is 11.5 Å². The number of para-hydroxylation sites is 2. The van der Waals surface area contributed by atoms with Crippen LogP contribution >= 0.6 is 0 Å². The topological polar surface area (TPSA) is 70.6 Å². The van der Waals surface area contributed by atoms with Crippen LogP contribution in [0, 0.1) is 0 Å². The number of hydrogen-bond donors (Lipinski definition) is 1. The summed E-state index contributed by atoms with van der Waals surface area (Å²) in [4.78, 5) is 26.8.